The number of rotatable bonds is 6. The Balaban J connectivity index is 1.37. The van der Waals surface area contributed by atoms with E-state index in [9.17, 15) is 18.0 Å². The number of piperidine rings is 1. The third-order valence-electron chi connectivity index (χ3n) is 7.53. The van der Waals surface area contributed by atoms with Crippen LogP contribution in [-0.4, -0.2) is 66.1 Å². The lowest BCUT2D eigenvalue weighted by Crippen LogP contribution is -2.39. The number of amides is 2. The zero-order valence-electron chi connectivity index (χ0n) is 23.1. The van der Waals surface area contributed by atoms with Crippen LogP contribution in [0.2, 0.25) is 0 Å². The molecule has 0 saturated carbocycles. The van der Waals surface area contributed by atoms with E-state index in [2.05, 4.69) is 17.0 Å². The number of hydrogen-bond donors (Lipinski definition) is 0. The van der Waals surface area contributed by atoms with Crippen LogP contribution in [0.5, 0.6) is 5.75 Å². The van der Waals surface area contributed by atoms with Crippen LogP contribution in [0.3, 0.4) is 0 Å². The Morgan fingerprint density at radius 3 is 2.21 bits per heavy atom. The van der Waals surface area contributed by atoms with Gasteiger partial charge in [-0.15, -0.1) is 0 Å². The second-order valence-corrected chi connectivity index (χ2v) is 13.8. The highest BCUT2D eigenvalue weighted by atomic mass is 32.2. The molecule has 3 heterocycles. The summed E-state index contributed by atoms with van der Waals surface area (Å²) in [6.45, 7) is 8.99. The molecule has 9 nitrogen and oxygen atoms in total. The molecular weight excluding hydrogens is 518 g/mol. The molecule has 3 aliphatic rings. The van der Waals surface area contributed by atoms with Crippen molar-refractivity contribution >= 4 is 22.0 Å². The fraction of sp³-hybridized carbons (Fsp3) is 0.517. The van der Waals surface area contributed by atoms with E-state index in [0.717, 1.165) is 29.1 Å². The van der Waals surface area contributed by atoms with Crippen molar-refractivity contribution in [3.8, 4) is 5.75 Å². The Morgan fingerprint density at radius 1 is 0.974 bits per heavy atom. The number of sulfonamides is 1. The first-order chi connectivity index (χ1) is 18.4. The molecule has 1 saturated heterocycles. The molecule has 0 unspecified atom stereocenters. The molecule has 0 atom stereocenters. The van der Waals surface area contributed by atoms with Gasteiger partial charge in [0, 0.05) is 38.3 Å². The van der Waals surface area contributed by atoms with Gasteiger partial charge in [0.05, 0.1) is 25.0 Å². The normalized spacial score (nSPS) is 18.8. The Hall–Kier alpha value is -2.95. The second kappa shape index (κ2) is 10.6. The van der Waals surface area contributed by atoms with Crippen molar-refractivity contribution < 1.29 is 27.5 Å². The molecule has 210 valence electrons. The van der Waals surface area contributed by atoms with E-state index in [0.29, 0.717) is 50.4 Å². The van der Waals surface area contributed by atoms with Crippen molar-refractivity contribution in [3.63, 3.8) is 0 Å². The number of hydrogen-bond acceptors (Lipinski definition) is 7. The summed E-state index contributed by atoms with van der Waals surface area (Å²) in [5, 5.41) is 0. The number of fused-ring (bicyclic) bond motifs is 2. The number of nitrogens with zero attached hydrogens (tertiary/aromatic N) is 3. The molecule has 2 aromatic carbocycles. The molecular formula is C29H37N3O6S. The molecule has 0 N–H and O–H groups in total. The molecule has 0 radical (unpaired) electrons. The minimum Gasteiger partial charge on any atom is -0.492 e. The standard InChI is InChI=1S/C29H37N3O6S/c1-29(2,3)38-28(34)32-18-23-9-10-24(17-30-15-21-7-5-6-8-22(21)16-30)26(25(23)27(32)33)37-19-20-11-13-31(14-12-20)39(4,35)36/h5-10,20H,11-19H2,1-4H3. The number of carbonyl (C=O) groups excluding carboxylic acids is 2. The third kappa shape index (κ3) is 6.13. The Bertz CT molecular complexity index is 1350. The van der Waals surface area contributed by atoms with Gasteiger partial charge in [-0.25, -0.2) is 22.4 Å². The van der Waals surface area contributed by atoms with E-state index in [-0.39, 0.29) is 12.5 Å². The van der Waals surface area contributed by atoms with E-state index in [1.54, 1.807) is 20.8 Å². The molecule has 2 aromatic rings. The van der Waals surface area contributed by atoms with Crippen molar-refractivity contribution in [3.05, 3.63) is 64.2 Å². The topological polar surface area (TPSA) is 96.5 Å². The highest BCUT2D eigenvalue weighted by Gasteiger charge is 2.39. The molecule has 0 bridgehead atoms. The van der Waals surface area contributed by atoms with Crippen molar-refractivity contribution in [1.29, 1.82) is 0 Å². The van der Waals surface area contributed by atoms with Gasteiger partial charge in [0.2, 0.25) is 10.0 Å². The summed E-state index contributed by atoms with van der Waals surface area (Å²) in [7, 11) is -3.21. The molecule has 39 heavy (non-hydrogen) atoms. The summed E-state index contributed by atoms with van der Waals surface area (Å²) in [4.78, 5) is 29.9. The van der Waals surface area contributed by atoms with E-state index < -0.39 is 27.6 Å². The van der Waals surface area contributed by atoms with Crippen LogP contribution in [0.4, 0.5) is 4.79 Å². The van der Waals surface area contributed by atoms with E-state index in [4.69, 9.17) is 9.47 Å². The van der Waals surface area contributed by atoms with Crippen LogP contribution in [0.1, 0.15) is 66.2 Å². The highest BCUT2D eigenvalue weighted by molar-refractivity contribution is 7.88. The number of benzene rings is 2. The summed E-state index contributed by atoms with van der Waals surface area (Å²) in [6, 6.07) is 12.3. The van der Waals surface area contributed by atoms with Crippen molar-refractivity contribution in [2.75, 3.05) is 26.0 Å². The third-order valence-corrected chi connectivity index (χ3v) is 8.84. The predicted molar refractivity (Wildman–Crippen MR) is 147 cm³/mol. The summed E-state index contributed by atoms with van der Waals surface area (Å²) >= 11 is 0. The monoisotopic (exact) mass is 555 g/mol. The molecule has 10 heteroatoms. The second-order valence-electron chi connectivity index (χ2n) is 11.8. The molecule has 3 aliphatic heterocycles. The van der Waals surface area contributed by atoms with Crippen LogP contribution >= 0.6 is 0 Å². The average molecular weight is 556 g/mol. The van der Waals surface area contributed by atoms with Crippen LogP contribution in [-0.2, 0) is 40.9 Å². The predicted octanol–water partition coefficient (Wildman–Crippen LogP) is 4.14. The van der Waals surface area contributed by atoms with Gasteiger partial charge in [0.25, 0.3) is 5.91 Å². The molecule has 1 fully saturated rings. The van der Waals surface area contributed by atoms with Gasteiger partial charge >= 0.3 is 6.09 Å². The lowest BCUT2D eigenvalue weighted by atomic mass is 9.99. The first-order valence-electron chi connectivity index (χ1n) is 13.5. The fourth-order valence-electron chi connectivity index (χ4n) is 5.53. The first kappa shape index (κ1) is 27.6. The summed E-state index contributed by atoms with van der Waals surface area (Å²) in [6.07, 6.45) is 1.95. The van der Waals surface area contributed by atoms with Crippen LogP contribution in [0.15, 0.2) is 36.4 Å². The maximum absolute atomic E-state index is 13.6. The molecule has 0 spiro atoms. The minimum atomic E-state index is -3.21. The van der Waals surface area contributed by atoms with Gasteiger partial charge < -0.3 is 9.47 Å². The van der Waals surface area contributed by atoms with E-state index in [1.807, 2.05) is 24.3 Å². The van der Waals surface area contributed by atoms with Gasteiger partial charge in [0.15, 0.2) is 0 Å². The Labute approximate surface area is 230 Å². The Kier molecular flexibility index (Phi) is 7.47. The number of imide groups is 1. The van der Waals surface area contributed by atoms with Gasteiger partial charge in [-0.05, 0) is 56.2 Å². The molecule has 2 amide bonds. The van der Waals surface area contributed by atoms with Gasteiger partial charge in [-0.3, -0.25) is 9.69 Å². The number of carbonyl (C=O) groups is 2. The van der Waals surface area contributed by atoms with Crippen LogP contribution < -0.4 is 4.74 Å². The smallest absolute Gasteiger partial charge is 0.417 e. The van der Waals surface area contributed by atoms with E-state index >= 15 is 0 Å². The van der Waals surface area contributed by atoms with Crippen LogP contribution in [0, 0.1) is 5.92 Å². The quantitative estimate of drug-likeness (QED) is 0.529. The maximum atomic E-state index is 13.6. The SMILES string of the molecule is CC(C)(C)OC(=O)N1Cc2ccc(CN3Cc4ccccc4C3)c(OCC3CCN(S(C)(=O)=O)CC3)c2C1=O. The maximum Gasteiger partial charge on any atom is 0.417 e. The van der Waals surface area contributed by atoms with Gasteiger partial charge in [-0.2, -0.15) is 0 Å². The number of ether oxygens (including phenoxy) is 2. The zero-order valence-corrected chi connectivity index (χ0v) is 23.9. The van der Waals surface area contributed by atoms with Crippen LogP contribution in [0.25, 0.3) is 0 Å². The summed E-state index contributed by atoms with van der Waals surface area (Å²) in [5.74, 6) is 0.277. The van der Waals surface area contributed by atoms with Crippen molar-refractivity contribution in [2.24, 2.45) is 5.92 Å². The lowest BCUT2D eigenvalue weighted by Gasteiger charge is -2.30. The van der Waals surface area contributed by atoms with Gasteiger partial charge in [-0.1, -0.05) is 36.4 Å². The zero-order chi connectivity index (χ0) is 27.9. The molecule has 5 rings (SSSR count). The largest absolute Gasteiger partial charge is 0.492 e. The van der Waals surface area contributed by atoms with Crippen molar-refractivity contribution in [1.82, 2.24) is 14.1 Å². The first-order valence-corrected chi connectivity index (χ1v) is 15.3. The summed E-state index contributed by atoms with van der Waals surface area (Å²) in [5.41, 5.74) is 3.93. The average Bonchev–Trinajstić information content (AvgIpc) is 3.42. The molecule has 0 aliphatic carbocycles. The summed E-state index contributed by atoms with van der Waals surface area (Å²) < 4.78 is 37.2. The fourth-order valence-corrected chi connectivity index (χ4v) is 6.40. The Morgan fingerprint density at radius 2 is 1.62 bits per heavy atom. The van der Waals surface area contributed by atoms with Gasteiger partial charge in [0.1, 0.15) is 11.4 Å². The molecule has 0 aromatic heterocycles. The highest BCUT2D eigenvalue weighted by Crippen LogP contribution is 2.37. The lowest BCUT2D eigenvalue weighted by molar-refractivity contribution is 0.0247. The van der Waals surface area contributed by atoms with Crippen molar-refractivity contribution in [2.45, 2.75) is 65.4 Å². The minimum absolute atomic E-state index is 0.140. The van der Waals surface area contributed by atoms with E-state index in [1.165, 1.54) is 21.7 Å².